The van der Waals surface area contributed by atoms with Crippen molar-refractivity contribution in [1.29, 1.82) is 0 Å². The molecule has 8 heteroatoms. The Bertz CT molecular complexity index is 710. The van der Waals surface area contributed by atoms with Crippen LogP contribution in [-0.4, -0.2) is 19.8 Å². The largest absolute Gasteiger partial charge is 0.274 e. The van der Waals surface area contributed by atoms with E-state index in [4.69, 9.17) is 0 Å². The first-order valence-corrected chi connectivity index (χ1v) is 7.01. The summed E-state index contributed by atoms with van der Waals surface area (Å²) in [5.74, 6) is 0. The highest BCUT2D eigenvalue weighted by Crippen LogP contribution is 2.23. The van der Waals surface area contributed by atoms with Crippen molar-refractivity contribution in [3.05, 3.63) is 69.4 Å². The van der Waals surface area contributed by atoms with E-state index in [-0.39, 0.29) is 5.69 Å². The molecule has 2 heterocycles. The Kier molecular flexibility index (Phi) is 3.61. The summed E-state index contributed by atoms with van der Waals surface area (Å²) < 4.78 is 1.75. The van der Waals surface area contributed by atoms with E-state index in [0.717, 1.165) is 5.69 Å². The van der Waals surface area contributed by atoms with E-state index in [0.29, 0.717) is 6.54 Å². The normalized spacial score (nSPS) is 10.5. The summed E-state index contributed by atoms with van der Waals surface area (Å²) in [6, 6.07) is 10.4. The second-order valence-corrected chi connectivity index (χ2v) is 5.28. The maximum absolute atomic E-state index is 10.7. The van der Waals surface area contributed by atoms with Crippen LogP contribution in [0.1, 0.15) is 4.88 Å². The third-order valence-electron chi connectivity index (χ3n) is 2.93. The van der Waals surface area contributed by atoms with Crippen LogP contribution in [0.5, 0.6) is 0 Å². The van der Waals surface area contributed by atoms with Crippen molar-refractivity contribution in [2.75, 3.05) is 5.01 Å². The molecule has 0 saturated heterocycles. The van der Waals surface area contributed by atoms with E-state index < -0.39 is 4.92 Å². The highest BCUT2D eigenvalue weighted by molar-refractivity contribution is 7.09. The summed E-state index contributed by atoms with van der Waals surface area (Å²) in [7, 11) is 0. The maximum Gasteiger partial charge on any atom is 0.269 e. The van der Waals surface area contributed by atoms with Gasteiger partial charge in [-0.05, 0) is 23.6 Å². The van der Waals surface area contributed by atoms with Gasteiger partial charge in [-0.15, -0.1) is 21.5 Å². The van der Waals surface area contributed by atoms with Gasteiger partial charge in [-0.25, -0.2) is 4.68 Å². The summed E-state index contributed by atoms with van der Waals surface area (Å²) in [4.78, 5) is 11.5. The first-order chi connectivity index (χ1) is 10.2. The fourth-order valence-corrected chi connectivity index (χ4v) is 2.61. The molecule has 21 heavy (non-hydrogen) atoms. The Hall–Kier alpha value is -2.74. The SMILES string of the molecule is O=[N+]([O-])c1ccc(N(Cc2cccs2)n2cnnc2)cc1. The molecular weight excluding hydrogens is 290 g/mol. The molecule has 0 aliphatic heterocycles. The van der Waals surface area contributed by atoms with Crippen LogP contribution in [0.4, 0.5) is 11.4 Å². The number of benzene rings is 1. The van der Waals surface area contributed by atoms with Gasteiger partial charge in [0.15, 0.2) is 0 Å². The third-order valence-corrected chi connectivity index (χ3v) is 3.79. The molecule has 0 atom stereocenters. The van der Waals surface area contributed by atoms with Gasteiger partial charge in [-0.1, -0.05) is 6.07 Å². The van der Waals surface area contributed by atoms with Gasteiger partial charge in [-0.3, -0.25) is 15.1 Å². The highest BCUT2D eigenvalue weighted by Gasteiger charge is 2.12. The lowest BCUT2D eigenvalue weighted by molar-refractivity contribution is -0.384. The molecule has 0 N–H and O–H groups in total. The zero-order valence-electron chi connectivity index (χ0n) is 10.9. The summed E-state index contributed by atoms with van der Waals surface area (Å²) in [5.41, 5.74) is 0.896. The molecule has 2 aromatic heterocycles. The van der Waals surface area contributed by atoms with E-state index in [9.17, 15) is 10.1 Å². The summed E-state index contributed by atoms with van der Waals surface area (Å²) >= 11 is 1.65. The first kappa shape index (κ1) is 13.3. The number of nitrogens with zero attached hydrogens (tertiary/aromatic N) is 5. The van der Waals surface area contributed by atoms with Crippen LogP contribution in [-0.2, 0) is 6.54 Å². The Morgan fingerprint density at radius 1 is 1.19 bits per heavy atom. The molecule has 1 aromatic carbocycles. The number of nitro groups is 1. The molecule has 0 aliphatic rings. The van der Waals surface area contributed by atoms with Crippen molar-refractivity contribution in [2.45, 2.75) is 6.54 Å². The monoisotopic (exact) mass is 301 g/mol. The molecule has 0 fully saturated rings. The molecular formula is C13H11N5O2S. The van der Waals surface area contributed by atoms with Crippen LogP contribution in [0.15, 0.2) is 54.4 Å². The van der Waals surface area contributed by atoms with Crippen molar-refractivity contribution in [3.8, 4) is 0 Å². The Balaban J connectivity index is 1.93. The molecule has 0 bridgehead atoms. The van der Waals surface area contributed by atoms with Gasteiger partial charge in [0.2, 0.25) is 0 Å². The molecule has 0 spiro atoms. The molecule has 0 unspecified atom stereocenters. The Labute approximate surface area is 124 Å². The van der Waals surface area contributed by atoms with E-state index in [1.54, 1.807) is 40.8 Å². The zero-order chi connectivity index (χ0) is 14.7. The average molecular weight is 301 g/mol. The number of thiophene rings is 1. The number of hydrogen-bond acceptors (Lipinski definition) is 6. The average Bonchev–Trinajstić information content (AvgIpc) is 3.18. The van der Waals surface area contributed by atoms with Crippen LogP contribution in [0.2, 0.25) is 0 Å². The number of rotatable bonds is 5. The van der Waals surface area contributed by atoms with E-state index in [1.165, 1.54) is 17.0 Å². The van der Waals surface area contributed by atoms with Gasteiger partial charge in [-0.2, -0.15) is 0 Å². The smallest absolute Gasteiger partial charge is 0.269 e. The Morgan fingerprint density at radius 3 is 2.48 bits per heavy atom. The first-order valence-electron chi connectivity index (χ1n) is 6.13. The fraction of sp³-hybridized carbons (Fsp3) is 0.0769. The second kappa shape index (κ2) is 5.71. The lowest BCUT2D eigenvalue weighted by Crippen LogP contribution is -2.27. The lowest BCUT2D eigenvalue weighted by atomic mass is 10.2. The van der Waals surface area contributed by atoms with Gasteiger partial charge in [0.25, 0.3) is 5.69 Å². The standard InChI is InChI=1S/C13H11N5O2S/c19-18(20)12-5-3-11(4-6-12)17(16-9-14-15-10-16)8-13-2-1-7-21-13/h1-7,9-10H,8H2. The van der Waals surface area contributed by atoms with E-state index >= 15 is 0 Å². The molecule has 3 rings (SSSR count). The summed E-state index contributed by atoms with van der Waals surface area (Å²) in [6.07, 6.45) is 3.18. The molecule has 3 aromatic rings. The van der Waals surface area contributed by atoms with E-state index in [1.807, 2.05) is 22.5 Å². The maximum atomic E-state index is 10.7. The molecule has 0 amide bonds. The predicted molar refractivity (Wildman–Crippen MR) is 79.0 cm³/mol. The Morgan fingerprint density at radius 2 is 1.90 bits per heavy atom. The predicted octanol–water partition coefficient (Wildman–Crippen LogP) is 2.72. The van der Waals surface area contributed by atoms with Gasteiger partial charge in [0.1, 0.15) is 12.7 Å². The van der Waals surface area contributed by atoms with Crippen molar-refractivity contribution in [3.63, 3.8) is 0 Å². The van der Waals surface area contributed by atoms with Crippen molar-refractivity contribution < 1.29 is 4.92 Å². The topological polar surface area (TPSA) is 77.1 Å². The van der Waals surface area contributed by atoms with Crippen LogP contribution in [0, 0.1) is 10.1 Å². The molecule has 0 saturated carbocycles. The van der Waals surface area contributed by atoms with Gasteiger partial charge < -0.3 is 0 Å². The zero-order valence-corrected chi connectivity index (χ0v) is 11.7. The number of hydrogen-bond donors (Lipinski definition) is 0. The van der Waals surface area contributed by atoms with Crippen LogP contribution >= 0.6 is 11.3 Å². The quantitative estimate of drug-likeness (QED) is 0.535. The van der Waals surface area contributed by atoms with Gasteiger partial charge in [0.05, 0.1) is 17.2 Å². The summed E-state index contributed by atoms with van der Waals surface area (Å²) in [6.45, 7) is 0.632. The third kappa shape index (κ3) is 2.90. The minimum absolute atomic E-state index is 0.0681. The van der Waals surface area contributed by atoms with Crippen LogP contribution in [0.3, 0.4) is 0 Å². The minimum atomic E-state index is -0.411. The molecule has 0 aliphatic carbocycles. The molecule has 0 radical (unpaired) electrons. The van der Waals surface area contributed by atoms with Crippen LogP contribution in [0.25, 0.3) is 0 Å². The van der Waals surface area contributed by atoms with Crippen molar-refractivity contribution >= 4 is 22.7 Å². The number of non-ortho nitro benzene ring substituents is 1. The van der Waals surface area contributed by atoms with Crippen LogP contribution < -0.4 is 5.01 Å². The molecule has 7 nitrogen and oxygen atoms in total. The number of aromatic nitrogens is 3. The number of nitro benzene ring substituents is 1. The van der Waals surface area contributed by atoms with Crippen molar-refractivity contribution in [2.24, 2.45) is 0 Å². The number of anilines is 1. The van der Waals surface area contributed by atoms with Crippen molar-refractivity contribution in [1.82, 2.24) is 14.9 Å². The molecule has 106 valence electrons. The van der Waals surface area contributed by atoms with Gasteiger partial charge >= 0.3 is 0 Å². The summed E-state index contributed by atoms with van der Waals surface area (Å²) in [5, 5.41) is 22.3. The lowest BCUT2D eigenvalue weighted by Gasteiger charge is -2.24. The highest BCUT2D eigenvalue weighted by atomic mass is 32.1. The van der Waals surface area contributed by atoms with Gasteiger partial charge in [0, 0.05) is 17.0 Å². The second-order valence-electron chi connectivity index (χ2n) is 4.25. The fourth-order valence-electron chi connectivity index (χ4n) is 1.92. The van der Waals surface area contributed by atoms with E-state index in [2.05, 4.69) is 10.2 Å². The minimum Gasteiger partial charge on any atom is -0.274 e.